The third-order valence-corrected chi connectivity index (χ3v) is 2.13. The summed E-state index contributed by atoms with van der Waals surface area (Å²) in [5.41, 5.74) is 0. The standard InChI is InChI=1S/C10H16N4O4/c1-7(15)14-8(10(16)17-2)5-11-4-3-9-12-6-13-18-9/h6,8,11H,3-5H2,1-2H3,(H,14,15). The number of amides is 1. The molecule has 8 nitrogen and oxygen atoms in total. The van der Waals surface area contributed by atoms with Gasteiger partial charge in [-0.1, -0.05) is 5.16 Å². The zero-order valence-electron chi connectivity index (χ0n) is 10.3. The lowest BCUT2D eigenvalue weighted by atomic mass is 10.3. The summed E-state index contributed by atoms with van der Waals surface area (Å²) in [6.45, 7) is 2.17. The van der Waals surface area contributed by atoms with Gasteiger partial charge < -0.3 is 19.9 Å². The van der Waals surface area contributed by atoms with Crippen molar-refractivity contribution in [3.05, 3.63) is 12.2 Å². The molecule has 1 atom stereocenters. The monoisotopic (exact) mass is 256 g/mol. The molecule has 1 heterocycles. The topological polar surface area (TPSA) is 106 Å². The molecule has 0 aromatic carbocycles. The maximum Gasteiger partial charge on any atom is 0.329 e. The Morgan fingerprint density at radius 3 is 2.89 bits per heavy atom. The zero-order valence-corrected chi connectivity index (χ0v) is 10.3. The van der Waals surface area contributed by atoms with Gasteiger partial charge in [0.15, 0.2) is 6.33 Å². The fraction of sp³-hybridized carbons (Fsp3) is 0.600. The second kappa shape index (κ2) is 7.38. The average Bonchev–Trinajstić information content (AvgIpc) is 2.84. The smallest absolute Gasteiger partial charge is 0.329 e. The Kier molecular flexibility index (Phi) is 5.78. The zero-order chi connectivity index (χ0) is 13.4. The summed E-state index contributed by atoms with van der Waals surface area (Å²) in [5, 5.41) is 8.97. The van der Waals surface area contributed by atoms with Gasteiger partial charge in [-0.2, -0.15) is 4.98 Å². The van der Waals surface area contributed by atoms with E-state index in [1.165, 1.54) is 20.4 Å². The summed E-state index contributed by atoms with van der Waals surface area (Å²) in [4.78, 5) is 26.1. The molecule has 0 bridgehead atoms. The number of hydrogen-bond donors (Lipinski definition) is 2. The van der Waals surface area contributed by atoms with Crippen LogP contribution in [-0.2, 0) is 20.7 Å². The lowest BCUT2D eigenvalue weighted by Gasteiger charge is -2.15. The van der Waals surface area contributed by atoms with Gasteiger partial charge in [0.1, 0.15) is 6.04 Å². The van der Waals surface area contributed by atoms with E-state index in [0.717, 1.165) is 0 Å². The van der Waals surface area contributed by atoms with Crippen molar-refractivity contribution >= 4 is 11.9 Å². The van der Waals surface area contributed by atoms with Gasteiger partial charge in [0.2, 0.25) is 11.8 Å². The average molecular weight is 256 g/mol. The number of aromatic nitrogens is 2. The molecule has 18 heavy (non-hydrogen) atoms. The molecule has 1 aromatic heterocycles. The van der Waals surface area contributed by atoms with Crippen LogP contribution in [0.3, 0.4) is 0 Å². The van der Waals surface area contributed by atoms with Gasteiger partial charge in [-0.15, -0.1) is 0 Å². The summed E-state index contributed by atoms with van der Waals surface area (Å²) < 4.78 is 9.39. The lowest BCUT2D eigenvalue weighted by Crippen LogP contribution is -2.47. The van der Waals surface area contributed by atoms with Crippen LogP contribution >= 0.6 is 0 Å². The highest BCUT2D eigenvalue weighted by atomic mass is 16.5. The molecule has 1 rings (SSSR count). The quantitative estimate of drug-likeness (QED) is 0.470. The van der Waals surface area contributed by atoms with Crippen molar-refractivity contribution in [3.8, 4) is 0 Å². The molecular weight excluding hydrogens is 240 g/mol. The SMILES string of the molecule is COC(=O)C(CNCCc1ncno1)NC(C)=O. The van der Waals surface area contributed by atoms with Crippen LogP contribution in [0, 0.1) is 0 Å². The molecule has 0 fully saturated rings. The normalized spacial score (nSPS) is 11.9. The van der Waals surface area contributed by atoms with E-state index in [4.69, 9.17) is 4.52 Å². The van der Waals surface area contributed by atoms with Gasteiger partial charge in [-0.05, 0) is 0 Å². The molecule has 0 aliphatic carbocycles. The van der Waals surface area contributed by atoms with Crippen molar-refractivity contribution < 1.29 is 18.8 Å². The first-order chi connectivity index (χ1) is 8.63. The summed E-state index contributed by atoms with van der Waals surface area (Å²) in [6, 6.07) is -0.699. The summed E-state index contributed by atoms with van der Waals surface area (Å²) in [5.74, 6) is -0.267. The highest BCUT2D eigenvalue weighted by Gasteiger charge is 2.19. The van der Waals surface area contributed by atoms with Crippen LogP contribution in [0.25, 0.3) is 0 Å². The van der Waals surface area contributed by atoms with Gasteiger partial charge >= 0.3 is 5.97 Å². The predicted octanol–water partition coefficient (Wildman–Crippen LogP) is -1.12. The number of rotatable bonds is 7. The van der Waals surface area contributed by atoms with E-state index in [1.807, 2.05) is 0 Å². The molecule has 8 heteroatoms. The predicted molar refractivity (Wildman–Crippen MR) is 60.5 cm³/mol. The fourth-order valence-electron chi connectivity index (χ4n) is 1.33. The highest BCUT2D eigenvalue weighted by Crippen LogP contribution is 1.91. The van der Waals surface area contributed by atoms with Crippen molar-refractivity contribution in [2.75, 3.05) is 20.2 Å². The van der Waals surface area contributed by atoms with Crippen LogP contribution in [0.15, 0.2) is 10.9 Å². The van der Waals surface area contributed by atoms with Gasteiger partial charge in [-0.25, -0.2) is 4.79 Å². The van der Waals surface area contributed by atoms with Crippen molar-refractivity contribution in [1.82, 2.24) is 20.8 Å². The molecule has 1 aromatic rings. The number of carbonyl (C=O) groups excluding carboxylic acids is 2. The van der Waals surface area contributed by atoms with E-state index in [2.05, 4.69) is 25.5 Å². The van der Waals surface area contributed by atoms with Crippen LogP contribution in [0.4, 0.5) is 0 Å². The van der Waals surface area contributed by atoms with Crippen LogP contribution < -0.4 is 10.6 Å². The Hall–Kier alpha value is -1.96. The van der Waals surface area contributed by atoms with Crippen LogP contribution in [-0.4, -0.2) is 48.3 Å². The minimum atomic E-state index is -0.699. The van der Waals surface area contributed by atoms with E-state index >= 15 is 0 Å². The van der Waals surface area contributed by atoms with Crippen LogP contribution in [0.5, 0.6) is 0 Å². The Bertz CT molecular complexity index is 379. The first-order valence-corrected chi connectivity index (χ1v) is 5.44. The Balaban J connectivity index is 2.28. The van der Waals surface area contributed by atoms with Gasteiger partial charge in [0.25, 0.3) is 0 Å². The summed E-state index contributed by atoms with van der Waals surface area (Å²) in [6.07, 6.45) is 1.87. The molecule has 0 aliphatic heterocycles. The van der Waals surface area contributed by atoms with Crippen molar-refractivity contribution in [1.29, 1.82) is 0 Å². The van der Waals surface area contributed by atoms with Gasteiger partial charge in [-0.3, -0.25) is 4.79 Å². The van der Waals surface area contributed by atoms with Crippen LogP contribution in [0.2, 0.25) is 0 Å². The van der Waals surface area contributed by atoms with Gasteiger partial charge in [0, 0.05) is 26.4 Å². The second-order valence-corrected chi connectivity index (χ2v) is 3.57. The van der Waals surface area contributed by atoms with E-state index in [9.17, 15) is 9.59 Å². The van der Waals surface area contributed by atoms with Gasteiger partial charge in [0.05, 0.1) is 7.11 Å². The lowest BCUT2D eigenvalue weighted by molar-refractivity contribution is -0.144. The number of carbonyl (C=O) groups is 2. The first-order valence-electron chi connectivity index (χ1n) is 5.44. The number of hydrogen-bond acceptors (Lipinski definition) is 7. The maximum atomic E-state index is 11.4. The number of methoxy groups -OCH3 is 1. The minimum absolute atomic E-state index is 0.278. The fourth-order valence-corrected chi connectivity index (χ4v) is 1.33. The maximum absolute atomic E-state index is 11.4. The Morgan fingerprint density at radius 1 is 1.56 bits per heavy atom. The largest absolute Gasteiger partial charge is 0.467 e. The molecule has 1 amide bonds. The highest BCUT2D eigenvalue weighted by molar-refractivity contribution is 5.83. The molecule has 2 N–H and O–H groups in total. The molecular formula is C10H16N4O4. The molecule has 0 aliphatic rings. The number of ether oxygens (including phenoxy) is 1. The Labute approximate surface area is 104 Å². The Morgan fingerprint density at radius 2 is 2.33 bits per heavy atom. The molecule has 100 valence electrons. The molecule has 0 saturated carbocycles. The van der Waals surface area contributed by atoms with Crippen molar-refractivity contribution in [2.24, 2.45) is 0 Å². The number of nitrogens with one attached hydrogen (secondary N) is 2. The number of esters is 1. The molecule has 0 spiro atoms. The number of nitrogens with zero attached hydrogens (tertiary/aromatic N) is 2. The third kappa shape index (κ3) is 4.91. The summed E-state index contributed by atoms with van der Waals surface area (Å²) >= 11 is 0. The third-order valence-electron chi connectivity index (χ3n) is 2.13. The van der Waals surface area contributed by atoms with E-state index < -0.39 is 12.0 Å². The van der Waals surface area contributed by atoms with Crippen molar-refractivity contribution in [3.63, 3.8) is 0 Å². The van der Waals surface area contributed by atoms with E-state index in [-0.39, 0.29) is 12.5 Å². The molecule has 1 unspecified atom stereocenters. The summed E-state index contributed by atoms with van der Waals surface area (Å²) in [7, 11) is 1.27. The second-order valence-electron chi connectivity index (χ2n) is 3.57. The van der Waals surface area contributed by atoms with E-state index in [1.54, 1.807) is 0 Å². The molecule has 0 radical (unpaired) electrons. The first kappa shape index (κ1) is 14.1. The molecule has 0 saturated heterocycles. The van der Waals surface area contributed by atoms with Crippen LogP contribution in [0.1, 0.15) is 12.8 Å². The van der Waals surface area contributed by atoms with Crippen molar-refractivity contribution in [2.45, 2.75) is 19.4 Å². The minimum Gasteiger partial charge on any atom is -0.467 e. The van der Waals surface area contributed by atoms with E-state index in [0.29, 0.717) is 18.9 Å².